The molecule has 0 saturated carbocycles. The maximum Gasteiger partial charge on any atom is 0.251 e. The lowest BCUT2D eigenvalue weighted by Crippen LogP contribution is -2.26. The van der Waals surface area contributed by atoms with Crippen molar-refractivity contribution in [2.75, 3.05) is 0 Å². The highest BCUT2D eigenvalue weighted by Crippen LogP contribution is 2.19. The highest BCUT2D eigenvalue weighted by Gasteiger charge is 2.17. The smallest absolute Gasteiger partial charge is 0.251 e. The van der Waals surface area contributed by atoms with Gasteiger partial charge in [-0.1, -0.05) is 24.2 Å². The molecule has 3 rings (SSSR count). The molecular weight excluding hydrogens is 316 g/mol. The third-order valence-electron chi connectivity index (χ3n) is 3.84. The Hall–Kier alpha value is -3.02. The van der Waals surface area contributed by atoms with Crippen LogP contribution in [0.5, 0.6) is 0 Å². The van der Waals surface area contributed by atoms with Gasteiger partial charge in [0.2, 0.25) is 5.89 Å². The Morgan fingerprint density at radius 1 is 1.12 bits per heavy atom. The SMILES string of the molecule is CCCc1noc(C(C)NC(=O)c2ccc(-c3ccncc3)cc2)n1. The van der Waals surface area contributed by atoms with Gasteiger partial charge in [0.05, 0.1) is 0 Å². The van der Waals surface area contributed by atoms with Crippen LogP contribution in [-0.2, 0) is 6.42 Å². The molecule has 1 N–H and O–H groups in total. The number of hydrogen-bond acceptors (Lipinski definition) is 5. The number of pyridine rings is 1. The van der Waals surface area contributed by atoms with Crippen molar-refractivity contribution in [3.63, 3.8) is 0 Å². The monoisotopic (exact) mass is 336 g/mol. The first-order valence-corrected chi connectivity index (χ1v) is 8.31. The number of hydrogen-bond donors (Lipinski definition) is 1. The Bertz CT molecular complexity index is 828. The second-order valence-corrected chi connectivity index (χ2v) is 5.81. The fraction of sp³-hybridized carbons (Fsp3) is 0.263. The number of nitrogens with one attached hydrogen (secondary N) is 1. The van der Waals surface area contributed by atoms with Crippen molar-refractivity contribution in [3.8, 4) is 11.1 Å². The highest BCUT2D eigenvalue weighted by atomic mass is 16.5. The van der Waals surface area contributed by atoms with Gasteiger partial charge in [0, 0.05) is 24.4 Å². The Labute approximate surface area is 146 Å². The van der Waals surface area contributed by atoms with Crippen LogP contribution >= 0.6 is 0 Å². The summed E-state index contributed by atoms with van der Waals surface area (Å²) in [6.45, 7) is 3.88. The predicted octanol–water partition coefficient (Wildman–Crippen LogP) is 3.58. The van der Waals surface area contributed by atoms with Crippen LogP contribution < -0.4 is 5.32 Å². The summed E-state index contributed by atoms with van der Waals surface area (Å²) in [5, 5.41) is 6.79. The fourth-order valence-corrected chi connectivity index (χ4v) is 2.47. The number of carbonyl (C=O) groups is 1. The third-order valence-corrected chi connectivity index (χ3v) is 3.84. The van der Waals surface area contributed by atoms with Crippen molar-refractivity contribution in [1.82, 2.24) is 20.4 Å². The molecule has 0 radical (unpaired) electrons. The molecule has 0 aliphatic carbocycles. The van der Waals surface area contributed by atoms with Crippen molar-refractivity contribution in [3.05, 3.63) is 66.1 Å². The van der Waals surface area contributed by atoms with Crippen LogP contribution in [0.15, 0.2) is 53.3 Å². The number of amides is 1. The summed E-state index contributed by atoms with van der Waals surface area (Å²) in [5.41, 5.74) is 2.68. The maximum absolute atomic E-state index is 12.4. The van der Waals surface area contributed by atoms with Crippen molar-refractivity contribution >= 4 is 5.91 Å². The van der Waals surface area contributed by atoms with Crippen LogP contribution in [-0.4, -0.2) is 21.0 Å². The van der Waals surface area contributed by atoms with Gasteiger partial charge in [0.25, 0.3) is 5.91 Å². The van der Waals surface area contributed by atoms with Gasteiger partial charge in [0.15, 0.2) is 5.82 Å². The van der Waals surface area contributed by atoms with Gasteiger partial charge in [-0.3, -0.25) is 9.78 Å². The number of nitrogens with zero attached hydrogens (tertiary/aromatic N) is 3. The van der Waals surface area contributed by atoms with Crippen LogP contribution in [0.1, 0.15) is 48.4 Å². The number of aryl methyl sites for hydroxylation is 1. The van der Waals surface area contributed by atoms with E-state index in [-0.39, 0.29) is 11.9 Å². The van der Waals surface area contributed by atoms with E-state index in [1.54, 1.807) is 24.5 Å². The fourth-order valence-electron chi connectivity index (χ4n) is 2.47. The summed E-state index contributed by atoms with van der Waals surface area (Å²) >= 11 is 0. The minimum absolute atomic E-state index is 0.177. The lowest BCUT2D eigenvalue weighted by atomic mass is 10.0. The number of benzene rings is 1. The molecule has 0 bridgehead atoms. The zero-order valence-electron chi connectivity index (χ0n) is 14.3. The molecule has 1 aromatic carbocycles. The minimum Gasteiger partial charge on any atom is -0.341 e. The second-order valence-electron chi connectivity index (χ2n) is 5.81. The first kappa shape index (κ1) is 16.8. The van der Waals surface area contributed by atoms with Gasteiger partial charge in [-0.15, -0.1) is 0 Å². The van der Waals surface area contributed by atoms with Crippen LogP contribution in [0.25, 0.3) is 11.1 Å². The molecule has 25 heavy (non-hydrogen) atoms. The van der Waals surface area contributed by atoms with E-state index < -0.39 is 0 Å². The molecule has 128 valence electrons. The average Bonchev–Trinajstić information content (AvgIpc) is 3.12. The molecule has 1 unspecified atom stereocenters. The standard InChI is InChI=1S/C19H20N4O2/c1-3-4-17-22-19(25-23-17)13(2)21-18(24)16-7-5-14(6-8-16)15-9-11-20-12-10-15/h5-13H,3-4H2,1-2H3,(H,21,24). The summed E-state index contributed by atoms with van der Waals surface area (Å²) < 4.78 is 5.21. The molecule has 1 amide bonds. The third kappa shape index (κ3) is 4.09. The molecular formula is C19H20N4O2. The average molecular weight is 336 g/mol. The van der Waals surface area contributed by atoms with Crippen LogP contribution in [0.3, 0.4) is 0 Å². The quantitative estimate of drug-likeness (QED) is 0.744. The van der Waals surface area contributed by atoms with Gasteiger partial charge in [-0.2, -0.15) is 4.98 Å². The van der Waals surface area contributed by atoms with E-state index in [0.29, 0.717) is 17.3 Å². The normalized spacial score (nSPS) is 11.9. The van der Waals surface area contributed by atoms with Crippen molar-refractivity contribution in [2.45, 2.75) is 32.7 Å². The van der Waals surface area contributed by atoms with Gasteiger partial charge >= 0.3 is 0 Å². The van der Waals surface area contributed by atoms with Gasteiger partial charge in [-0.25, -0.2) is 0 Å². The zero-order chi connectivity index (χ0) is 17.6. The Balaban J connectivity index is 1.66. The topological polar surface area (TPSA) is 80.9 Å². The molecule has 0 saturated heterocycles. The summed E-state index contributed by atoms with van der Waals surface area (Å²) in [7, 11) is 0. The van der Waals surface area contributed by atoms with E-state index in [4.69, 9.17) is 4.52 Å². The Morgan fingerprint density at radius 3 is 2.48 bits per heavy atom. The first-order valence-electron chi connectivity index (χ1n) is 8.31. The first-order chi connectivity index (χ1) is 12.2. The van der Waals surface area contributed by atoms with E-state index in [9.17, 15) is 4.79 Å². The molecule has 1 atom stereocenters. The molecule has 2 aromatic heterocycles. The minimum atomic E-state index is -0.342. The van der Waals surface area contributed by atoms with E-state index in [1.807, 2.05) is 31.2 Å². The van der Waals surface area contributed by atoms with Gasteiger partial charge < -0.3 is 9.84 Å². The lowest BCUT2D eigenvalue weighted by Gasteiger charge is -2.10. The molecule has 3 aromatic rings. The van der Waals surface area contributed by atoms with Crippen LogP contribution in [0.4, 0.5) is 0 Å². The molecule has 6 nitrogen and oxygen atoms in total. The molecule has 0 aliphatic rings. The highest BCUT2D eigenvalue weighted by molar-refractivity contribution is 5.94. The van der Waals surface area contributed by atoms with E-state index >= 15 is 0 Å². The van der Waals surface area contributed by atoms with E-state index in [0.717, 1.165) is 24.0 Å². The zero-order valence-corrected chi connectivity index (χ0v) is 14.3. The van der Waals surface area contributed by atoms with Gasteiger partial charge in [-0.05, 0) is 48.7 Å². The second kappa shape index (κ2) is 7.70. The molecule has 2 heterocycles. The van der Waals surface area contributed by atoms with Crippen molar-refractivity contribution in [2.24, 2.45) is 0 Å². The number of aromatic nitrogens is 3. The summed E-state index contributed by atoms with van der Waals surface area (Å²) in [5.74, 6) is 0.912. The summed E-state index contributed by atoms with van der Waals surface area (Å²) in [4.78, 5) is 20.7. The number of rotatable bonds is 6. The van der Waals surface area contributed by atoms with E-state index in [2.05, 4.69) is 27.4 Å². The molecule has 0 fully saturated rings. The molecule has 0 aliphatic heterocycles. The number of carbonyl (C=O) groups excluding carboxylic acids is 1. The van der Waals surface area contributed by atoms with E-state index in [1.165, 1.54) is 0 Å². The Kier molecular flexibility index (Phi) is 5.18. The largest absolute Gasteiger partial charge is 0.341 e. The van der Waals surface area contributed by atoms with Crippen molar-refractivity contribution < 1.29 is 9.32 Å². The molecule has 0 spiro atoms. The summed E-state index contributed by atoms with van der Waals surface area (Å²) in [6, 6.07) is 11.0. The predicted molar refractivity (Wildman–Crippen MR) is 93.8 cm³/mol. The Morgan fingerprint density at radius 2 is 1.80 bits per heavy atom. The van der Waals surface area contributed by atoms with Crippen molar-refractivity contribution in [1.29, 1.82) is 0 Å². The van der Waals surface area contributed by atoms with Gasteiger partial charge in [0.1, 0.15) is 6.04 Å². The van der Waals surface area contributed by atoms with Crippen LogP contribution in [0, 0.1) is 0 Å². The molecule has 6 heteroatoms. The lowest BCUT2D eigenvalue weighted by molar-refractivity contribution is 0.0932. The van der Waals surface area contributed by atoms with Crippen LogP contribution in [0.2, 0.25) is 0 Å². The maximum atomic E-state index is 12.4. The summed E-state index contributed by atoms with van der Waals surface area (Å²) in [6.07, 6.45) is 5.20.